The first kappa shape index (κ1) is 12.3. The number of aromatic nitrogens is 3. The molecule has 2 heterocycles. The zero-order chi connectivity index (χ0) is 13.6. The molecule has 0 bridgehead atoms. The number of fused-ring (bicyclic) bond motifs is 1. The van der Waals surface area contributed by atoms with Crippen LogP contribution in [0.5, 0.6) is 0 Å². The Morgan fingerprint density at radius 3 is 2.47 bits per heavy atom. The quantitative estimate of drug-likeness (QED) is 0.746. The number of benzene rings is 1. The summed E-state index contributed by atoms with van der Waals surface area (Å²) >= 11 is 12.1. The average Bonchev–Trinajstić information content (AvgIpc) is 2.65. The Bertz CT molecular complexity index is 759. The molecule has 4 nitrogen and oxygen atoms in total. The van der Waals surface area contributed by atoms with E-state index in [0.29, 0.717) is 15.7 Å². The van der Waals surface area contributed by atoms with E-state index in [2.05, 4.69) is 10.1 Å². The molecule has 0 unspecified atom stereocenters. The normalized spacial score (nSPS) is 11.1. The molecule has 3 aromatic rings. The van der Waals surface area contributed by atoms with Gasteiger partial charge in [-0.05, 0) is 42.3 Å². The fourth-order valence-electron chi connectivity index (χ4n) is 2.05. The Balaban J connectivity index is 2.26. The monoisotopic (exact) mass is 292 g/mol. The maximum atomic E-state index is 6.04. The Morgan fingerprint density at radius 2 is 1.79 bits per heavy atom. The van der Waals surface area contributed by atoms with Crippen LogP contribution in [0.4, 0.5) is 5.95 Å². The molecule has 0 aliphatic rings. The summed E-state index contributed by atoms with van der Waals surface area (Å²) in [7, 11) is 0. The molecule has 0 spiro atoms. The third-order valence-corrected chi connectivity index (χ3v) is 3.31. The van der Waals surface area contributed by atoms with Gasteiger partial charge in [-0.2, -0.15) is 4.98 Å². The highest BCUT2D eigenvalue weighted by atomic mass is 35.5. The van der Waals surface area contributed by atoms with E-state index in [1.807, 2.05) is 31.3 Å². The molecule has 0 aliphatic carbocycles. The average molecular weight is 293 g/mol. The third kappa shape index (κ3) is 2.25. The van der Waals surface area contributed by atoms with Gasteiger partial charge in [-0.15, -0.1) is 5.10 Å². The van der Waals surface area contributed by atoms with Gasteiger partial charge in [0.1, 0.15) is 0 Å². The first-order chi connectivity index (χ1) is 9.02. The zero-order valence-corrected chi connectivity index (χ0v) is 11.6. The smallest absolute Gasteiger partial charge is 0.240 e. The summed E-state index contributed by atoms with van der Waals surface area (Å²) in [5.74, 6) is 0.251. The topological polar surface area (TPSA) is 56.2 Å². The van der Waals surface area contributed by atoms with Crippen LogP contribution in [0.3, 0.4) is 0 Å². The van der Waals surface area contributed by atoms with Crippen molar-refractivity contribution >= 4 is 34.8 Å². The van der Waals surface area contributed by atoms with Crippen molar-refractivity contribution in [3.8, 4) is 11.1 Å². The zero-order valence-electron chi connectivity index (χ0n) is 10.1. The summed E-state index contributed by atoms with van der Waals surface area (Å²) in [4.78, 5) is 4.12. The van der Waals surface area contributed by atoms with Gasteiger partial charge in [0.2, 0.25) is 5.95 Å². The van der Waals surface area contributed by atoms with Gasteiger partial charge in [-0.3, -0.25) is 0 Å². The molecule has 6 heteroatoms. The molecule has 0 amide bonds. The summed E-state index contributed by atoms with van der Waals surface area (Å²) in [5, 5.41) is 5.30. The number of halogens is 2. The molecule has 3 rings (SSSR count). The number of anilines is 1. The van der Waals surface area contributed by atoms with Gasteiger partial charge in [0.05, 0.1) is 0 Å². The van der Waals surface area contributed by atoms with Crippen LogP contribution >= 0.6 is 23.2 Å². The van der Waals surface area contributed by atoms with Crippen molar-refractivity contribution in [3.63, 3.8) is 0 Å². The number of hydrogen-bond acceptors (Lipinski definition) is 3. The second-order valence-corrected chi connectivity index (χ2v) is 5.17. The van der Waals surface area contributed by atoms with Gasteiger partial charge in [-0.25, -0.2) is 4.52 Å². The molecule has 0 aliphatic heterocycles. The Hall–Kier alpha value is -1.78. The van der Waals surface area contributed by atoms with Crippen molar-refractivity contribution in [1.82, 2.24) is 14.6 Å². The number of aryl methyl sites for hydroxylation is 1. The first-order valence-electron chi connectivity index (χ1n) is 5.62. The maximum absolute atomic E-state index is 6.04. The molecule has 19 heavy (non-hydrogen) atoms. The molecule has 0 radical (unpaired) electrons. The largest absolute Gasteiger partial charge is 0.366 e. The highest BCUT2D eigenvalue weighted by Crippen LogP contribution is 2.29. The van der Waals surface area contributed by atoms with Crippen molar-refractivity contribution in [3.05, 3.63) is 46.1 Å². The van der Waals surface area contributed by atoms with Gasteiger partial charge in [0.15, 0.2) is 5.65 Å². The highest BCUT2D eigenvalue weighted by Gasteiger charge is 2.08. The summed E-state index contributed by atoms with van der Waals surface area (Å²) < 4.78 is 1.65. The van der Waals surface area contributed by atoms with E-state index in [1.165, 1.54) is 0 Å². The first-order valence-corrected chi connectivity index (χ1v) is 6.37. The predicted octanol–water partition coefficient (Wildman–Crippen LogP) is 3.59. The second-order valence-electron chi connectivity index (χ2n) is 4.30. The van der Waals surface area contributed by atoms with Gasteiger partial charge in [0, 0.05) is 21.8 Å². The number of nitrogens with zero attached hydrogens (tertiary/aromatic N) is 3. The molecule has 1 aromatic carbocycles. The molecule has 2 N–H and O–H groups in total. The summed E-state index contributed by atoms with van der Waals surface area (Å²) in [6, 6.07) is 7.35. The van der Waals surface area contributed by atoms with Gasteiger partial charge >= 0.3 is 0 Å². The fraction of sp³-hybridized carbons (Fsp3) is 0.0769. The summed E-state index contributed by atoms with van der Waals surface area (Å²) in [5.41, 5.74) is 9.28. The lowest BCUT2D eigenvalue weighted by atomic mass is 10.0. The molecule has 96 valence electrons. The fourth-order valence-corrected chi connectivity index (χ4v) is 2.58. The van der Waals surface area contributed by atoms with Crippen LogP contribution in [-0.4, -0.2) is 14.6 Å². The van der Waals surface area contributed by atoms with Crippen LogP contribution in [0.2, 0.25) is 10.0 Å². The number of nitrogen functional groups attached to an aromatic ring is 1. The standard InChI is InChI=1S/C13H10Cl2N4/c1-7-2-12-17-13(16)18-19(12)6-11(7)8-3-9(14)5-10(15)4-8/h2-6H,1H3,(H2,16,18). The molecule has 0 saturated heterocycles. The van der Waals surface area contributed by atoms with Crippen LogP contribution in [0, 0.1) is 6.92 Å². The Kier molecular flexibility index (Phi) is 2.84. The highest BCUT2D eigenvalue weighted by molar-refractivity contribution is 6.35. The minimum absolute atomic E-state index is 0.251. The minimum Gasteiger partial charge on any atom is -0.366 e. The van der Waals surface area contributed by atoms with E-state index >= 15 is 0 Å². The van der Waals surface area contributed by atoms with Gasteiger partial charge in [0.25, 0.3) is 0 Å². The van der Waals surface area contributed by atoms with Crippen molar-refractivity contribution in [1.29, 1.82) is 0 Å². The van der Waals surface area contributed by atoms with E-state index in [4.69, 9.17) is 28.9 Å². The van der Waals surface area contributed by atoms with E-state index in [1.54, 1.807) is 10.6 Å². The van der Waals surface area contributed by atoms with Gasteiger partial charge < -0.3 is 5.73 Å². The minimum atomic E-state index is 0.251. The van der Waals surface area contributed by atoms with E-state index in [0.717, 1.165) is 16.7 Å². The van der Waals surface area contributed by atoms with E-state index in [-0.39, 0.29) is 5.95 Å². The molecule has 0 saturated carbocycles. The molecule has 2 aromatic heterocycles. The van der Waals surface area contributed by atoms with E-state index < -0.39 is 0 Å². The van der Waals surface area contributed by atoms with Crippen LogP contribution in [-0.2, 0) is 0 Å². The lowest BCUT2D eigenvalue weighted by Crippen LogP contribution is -1.93. The Morgan fingerprint density at radius 1 is 1.11 bits per heavy atom. The predicted molar refractivity (Wildman–Crippen MR) is 77.6 cm³/mol. The second kappa shape index (κ2) is 4.40. The van der Waals surface area contributed by atoms with Crippen LogP contribution in [0.1, 0.15) is 5.56 Å². The van der Waals surface area contributed by atoms with Crippen molar-refractivity contribution < 1.29 is 0 Å². The maximum Gasteiger partial charge on any atom is 0.240 e. The lowest BCUT2D eigenvalue weighted by Gasteiger charge is -2.07. The number of pyridine rings is 1. The number of hydrogen-bond donors (Lipinski definition) is 1. The van der Waals surface area contributed by atoms with Crippen LogP contribution in [0.15, 0.2) is 30.5 Å². The van der Waals surface area contributed by atoms with Crippen molar-refractivity contribution in [2.45, 2.75) is 6.92 Å². The molecular weight excluding hydrogens is 283 g/mol. The molecule has 0 fully saturated rings. The Labute approximate surface area is 119 Å². The lowest BCUT2D eigenvalue weighted by molar-refractivity contribution is 0.966. The third-order valence-electron chi connectivity index (χ3n) is 2.87. The molecular formula is C13H10Cl2N4. The number of nitrogens with two attached hydrogens (primary N) is 1. The molecule has 0 atom stereocenters. The number of rotatable bonds is 1. The van der Waals surface area contributed by atoms with Gasteiger partial charge in [-0.1, -0.05) is 23.2 Å². The van der Waals surface area contributed by atoms with Crippen molar-refractivity contribution in [2.75, 3.05) is 5.73 Å². The summed E-state index contributed by atoms with van der Waals surface area (Å²) in [6.45, 7) is 2.00. The van der Waals surface area contributed by atoms with Crippen molar-refractivity contribution in [2.24, 2.45) is 0 Å². The van der Waals surface area contributed by atoms with Crippen LogP contribution < -0.4 is 5.73 Å². The summed E-state index contributed by atoms with van der Waals surface area (Å²) in [6.07, 6.45) is 1.87. The van der Waals surface area contributed by atoms with Crippen LogP contribution in [0.25, 0.3) is 16.8 Å². The SMILES string of the molecule is Cc1cc2nc(N)nn2cc1-c1cc(Cl)cc(Cl)c1. The van der Waals surface area contributed by atoms with E-state index in [9.17, 15) is 0 Å².